The zero-order valence-electron chi connectivity index (χ0n) is 11.2. The van der Waals surface area contributed by atoms with Crippen molar-refractivity contribution >= 4 is 27.3 Å². The molecule has 1 atom stereocenters. The van der Waals surface area contributed by atoms with Crippen molar-refractivity contribution in [3.63, 3.8) is 0 Å². The Morgan fingerprint density at radius 2 is 2.18 bits per heavy atom. The molecule has 0 saturated carbocycles. The fourth-order valence-corrected chi connectivity index (χ4v) is 3.28. The lowest BCUT2D eigenvalue weighted by atomic mass is 10.0. The summed E-state index contributed by atoms with van der Waals surface area (Å²) in [6, 6.07) is 5.01. The van der Waals surface area contributed by atoms with E-state index in [0.717, 1.165) is 17.8 Å². The molecule has 0 aliphatic carbocycles. The van der Waals surface area contributed by atoms with E-state index < -0.39 is 0 Å². The predicted octanol–water partition coefficient (Wildman–Crippen LogP) is 4.77. The van der Waals surface area contributed by atoms with Crippen LogP contribution < -0.4 is 0 Å². The maximum Gasteiger partial charge on any atom is 0.0330 e. The van der Waals surface area contributed by atoms with Gasteiger partial charge in [-0.05, 0) is 37.6 Å². The standard InChI is InChI=1S/C14H24BrNS/c1-4-6-13(9-15)10-16(12(2)3)11-14-7-5-8-17-14/h5,7-8,12-13H,4,6,9-11H2,1-3H3. The van der Waals surface area contributed by atoms with Gasteiger partial charge >= 0.3 is 0 Å². The molecule has 98 valence electrons. The van der Waals surface area contributed by atoms with Crippen molar-refractivity contribution < 1.29 is 0 Å². The second kappa shape index (κ2) is 8.28. The summed E-state index contributed by atoms with van der Waals surface area (Å²) >= 11 is 5.51. The summed E-state index contributed by atoms with van der Waals surface area (Å²) in [5.74, 6) is 0.780. The normalized spacial score (nSPS) is 13.5. The van der Waals surface area contributed by atoms with Crippen LogP contribution in [0.4, 0.5) is 0 Å². The smallest absolute Gasteiger partial charge is 0.0330 e. The number of thiophene rings is 1. The summed E-state index contributed by atoms with van der Waals surface area (Å²) in [6.45, 7) is 9.17. The molecule has 3 heteroatoms. The molecule has 0 aliphatic heterocycles. The number of halogens is 1. The van der Waals surface area contributed by atoms with Gasteiger partial charge in [0, 0.05) is 29.3 Å². The molecule has 1 aromatic heterocycles. The average molecular weight is 318 g/mol. The van der Waals surface area contributed by atoms with Crippen LogP contribution in [0.1, 0.15) is 38.5 Å². The molecule has 0 radical (unpaired) electrons. The second-order valence-electron chi connectivity index (χ2n) is 4.91. The highest BCUT2D eigenvalue weighted by Crippen LogP contribution is 2.18. The molecule has 0 aliphatic rings. The Labute approximate surface area is 118 Å². The van der Waals surface area contributed by atoms with Crippen molar-refractivity contribution in [1.82, 2.24) is 4.90 Å². The minimum Gasteiger partial charge on any atom is -0.296 e. The first-order chi connectivity index (χ1) is 8.17. The van der Waals surface area contributed by atoms with Crippen LogP contribution in [0.2, 0.25) is 0 Å². The lowest BCUT2D eigenvalue weighted by Gasteiger charge is -2.29. The molecular formula is C14H24BrNS. The molecule has 1 heterocycles. The van der Waals surface area contributed by atoms with Gasteiger partial charge < -0.3 is 0 Å². The molecule has 17 heavy (non-hydrogen) atoms. The van der Waals surface area contributed by atoms with Crippen LogP contribution in [-0.2, 0) is 6.54 Å². The summed E-state index contributed by atoms with van der Waals surface area (Å²) in [5, 5.41) is 3.29. The summed E-state index contributed by atoms with van der Waals surface area (Å²) in [5.41, 5.74) is 0. The van der Waals surface area contributed by atoms with Crippen molar-refractivity contribution in [2.45, 2.75) is 46.2 Å². The number of nitrogens with zero attached hydrogens (tertiary/aromatic N) is 1. The Bertz CT molecular complexity index is 284. The maximum absolute atomic E-state index is 3.65. The number of alkyl halides is 1. The van der Waals surface area contributed by atoms with E-state index in [4.69, 9.17) is 0 Å². The molecular weight excluding hydrogens is 294 g/mol. The third-order valence-corrected chi connectivity index (χ3v) is 4.85. The molecule has 1 nitrogen and oxygen atoms in total. The minimum atomic E-state index is 0.621. The van der Waals surface area contributed by atoms with Crippen molar-refractivity contribution in [1.29, 1.82) is 0 Å². The van der Waals surface area contributed by atoms with Crippen molar-refractivity contribution in [2.24, 2.45) is 5.92 Å². The zero-order chi connectivity index (χ0) is 12.7. The molecule has 0 N–H and O–H groups in total. The van der Waals surface area contributed by atoms with Crippen LogP contribution in [0.3, 0.4) is 0 Å². The molecule has 0 amide bonds. The third-order valence-electron chi connectivity index (χ3n) is 3.08. The minimum absolute atomic E-state index is 0.621. The van der Waals surface area contributed by atoms with Gasteiger partial charge in [-0.3, -0.25) is 4.90 Å². The highest BCUT2D eigenvalue weighted by atomic mass is 79.9. The second-order valence-corrected chi connectivity index (χ2v) is 6.59. The van der Waals surface area contributed by atoms with Gasteiger partial charge in [0.1, 0.15) is 0 Å². The largest absolute Gasteiger partial charge is 0.296 e. The molecule has 0 saturated heterocycles. The molecule has 0 aromatic carbocycles. The number of hydrogen-bond donors (Lipinski definition) is 0. The van der Waals surface area contributed by atoms with E-state index >= 15 is 0 Å². The molecule has 0 bridgehead atoms. The molecule has 0 fully saturated rings. The van der Waals surface area contributed by atoms with Gasteiger partial charge in [-0.25, -0.2) is 0 Å². The Morgan fingerprint density at radius 1 is 1.41 bits per heavy atom. The quantitative estimate of drug-likeness (QED) is 0.624. The van der Waals surface area contributed by atoms with E-state index in [0.29, 0.717) is 6.04 Å². The van der Waals surface area contributed by atoms with Crippen LogP contribution in [0.5, 0.6) is 0 Å². The van der Waals surface area contributed by atoms with Crippen molar-refractivity contribution in [2.75, 3.05) is 11.9 Å². The lowest BCUT2D eigenvalue weighted by Crippen LogP contribution is -2.35. The summed E-state index contributed by atoms with van der Waals surface area (Å²) in [4.78, 5) is 4.07. The van der Waals surface area contributed by atoms with Crippen LogP contribution >= 0.6 is 27.3 Å². The Hall–Kier alpha value is 0.140. The first-order valence-corrected chi connectivity index (χ1v) is 8.49. The van der Waals surface area contributed by atoms with E-state index in [9.17, 15) is 0 Å². The fourth-order valence-electron chi connectivity index (χ4n) is 2.02. The SMILES string of the molecule is CCCC(CBr)CN(Cc1cccs1)C(C)C. The third kappa shape index (κ3) is 5.54. The molecule has 1 rings (SSSR count). The first-order valence-electron chi connectivity index (χ1n) is 6.49. The summed E-state index contributed by atoms with van der Waals surface area (Å²) in [6.07, 6.45) is 2.60. The van der Waals surface area contributed by atoms with E-state index in [2.05, 4.69) is 59.1 Å². The zero-order valence-corrected chi connectivity index (χ0v) is 13.6. The van der Waals surface area contributed by atoms with Gasteiger partial charge in [0.05, 0.1) is 0 Å². The Morgan fingerprint density at radius 3 is 2.65 bits per heavy atom. The van der Waals surface area contributed by atoms with Gasteiger partial charge in [0.25, 0.3) is 0 Å². The highest BCUT2D eigenvalue weighted by Gasteiger charge is 2.16. The van der Waals surface area contributed by atoms with Gasteiger partial charge in [-0.15, -0.1) is 11.3 Å². The number of hydrogen-bond acceptors (Lipinski definition) is 2. The molecule has 0 spiro atoms. The Kier molecular flexibility index (Phi) is 7.40. The fraction of sp³-hybridized carbons (Fsp3) is 0.714. The Balaban J connectivity index is 2.53. The van der Waals surface area contributed by atoms with Crippen LogP contribution in [0.15, 0.2) is 17.5 Å². The predicted molar refractivity (Wildman–Crippen MR) is 82.1 cm³/mol. The van der Waals surface area contributed by atoms with Crippen LogP contribution in [-0.4, -0.2) is 22.8 Å². The van der Waals surface area contributed by atoms with E-state index in [1.54, 1.807) is 0 Å². The van der Waals surface area contributed by atoms with Crippen LogP contribution in [0.25, 0.3) is 0 Å². The monoisotopic (exact) mass is 317 g/mol. The molecule has 1 aromatic rings. The van der Waals surface area contributed by atoms with E-state index in [1.807, 2.05) is 11.3 Å². The van der Waals surface area contributed by atoms with Gasteiger partial charge in [0.2, 0.25) is 0 Å². The maximum atomic E-state index is 3.65. The average Bonchev–Trinajstić information content (AvgIpc) is 2.79. The molecule has 1 unspecified atom stereocenters. The van der Waals surface area contributed by atoms with Gasteiger partial charge in [-0.2, -0.15) is 0 Å². The van der Waals surface area contributed by atoms with Crippen LogP contribution in [0, 0.1) is 5.92 Å². The van der Waals surface area contributed by atoms with Crippen molar-refractivity contribution in [3.05, 3.63) is 22.4 Å². The van der Waals surface area contributed by atoms with Crippen molar-refractivity contribution in [3.8, 4) is 0 Å². The van der Waals surface area contributed by atoms with Gasteiger partial charge in [0.15, 0.2) is 0 Å². The van der Waals surface area contributed by atoms with E-state index in [-0.39, 0.29) is 0 Å². The highest BCUT2D eigenvalue weighted by molar-refractivity contribution is 9.09. The van der Waals surface area contributed by atoms with E-state index in [1.165, 1.54) is 24.3 Å². The van der Waals surface area contributed by atoms with Gasteiger partial charge in [-0.1, -0.05) is 35.3 Å². The first kappa shape index (κ1) is 15.2. The summed E-state index contributed by atoms with van der Waals surface area (Å²) < 4.78 is 0. The lowest BCUT2D eigenvalue weighted by molar-refractivity contribution is 0.183. The summed E-state index contributed by atoms with van der Waals surface area (Å²) in [7, 11) is 0. The number of rotatable bonds is 8. The topological polar surface area (TPSA) is 3.24 Å².